The number of hydrogen-bond acceptors (Lipinski definition) is 8. The molecule has 0 atom stereocenters. The van der Waals surface area contributed by atoms with Crippen molar-refractivity contribution >= 4 is 35.4 Å². The topological polar surface area (TPSA) is 103 Å². The van der Waals surface area contributed by atoms with Crippen LogP contribution in [0.15, 0.2) is 168 Å². The molecule has 72 heavy (non-hydrogen) atoms. The van der Waals surface area contributed by atoms with E-state index in [1.165, 1.54) is 12.4 Å². The average molecular weight is 951 g/mol. The number of methoxy groups -OCH3 is 2. The van der Waals surface area contributed by atoms with E-state index in [-0.39, 0.29) is 40.8 Å². The van der Waals surface area contributed by atoms with Gasteiger partial charge in [0, 0.05) is 22.9 Å². The van der Waals surface area contributed by atoms with Crippen LogP contribution in [0.25, 0.3) is 55.8 Å². The molecule has 0 radical (unpaired) electrons. The first-order valence-electron chi connectivity index (χ1n) is 24.7. The number of para-hydroxylation sites is 2. The summed E-state index contributed by atoms with van der Waals surface area (Å²) in [6, 6.07) is 49.6. The van der Waals surface area contributed by atoms with Crippen molar-refractivity contribution in [2.45, 2.75) is 79.1 Å². The summed E-state index contributed by atoms with van der Waals surface area (Å²) in [5.41, 5.74) is 12.7. The number of benzene rings is 6. The average Bonchev–Trinajstić information content (AvgIpc) is 3.40. The second-order valence-electron chi connectivity index (χ2n) is 19.1. The highest BCUT2D eigenvalue weighted by Gasteiger charge is 2.31. The van der Waals surface area contributed by atoms with E-state index in [2.05, 4.69) is 91.8 Å². The van der Waals surface area contributed by atoms with Gasteiger partial charge in [-0.15, -0.1) is 0 Å². The second kappa shape index (κ2) is 22.3. The van der Waals surface area contributed by atoms with E-state index in [1.807, 2.05) is 115 Å². The first-order chi connectivity index (χ1) is 34.8. The molecule has 0 saturated heterocycles. The SMILES string of the molecule is COc1ncc(C(=O)C=Nc2c(C(C)C)cccc2C(C)C)c(-c2ccccc2-c2nc(OC)c(-c3ccccc3)c(-c3ccccc3)c2C(=O)C=Nc2c(C(C)C)cccc2C(C)C)c1-c1ccccc1. The first kappa shape index (κ1) is 50.3. The van der Waals surface area contributed by atoms with Crippen LogP contribution in [-0.2, 0) is 0 Å². The van der Waals surface area contributed by atoms with Gasteiger partial charge >= 0.3 is 0 Å². The summed E-state index contributed by atoms with van der Waals surface area (Å²) in [6.07, 6.45) is 4.41. The van der Waals surface area contributed by atoms with E-state index in [0.29, 0.717) is 56.4 Å². The zero-order valence-corrected chi connectivity index (χ0v) is 42.9. The first-order valence-corrected chi connectivity index (χ1v) is 24.7. The van der Waals surface area contributed by atoms with Gasteiger partial charge in [0.15, 0.2) is 0 Å². The van der Waals surface area contributed by atoms with Crippen LogP contribution in [0.2, 0.25) is 0 Å². The maximum Gasteiger partial charge on any atom is 0.222 e. The van der Waals surface area contributed by atoms with Crippen molar-refractivity contribution in [1.29, 1.82) is 0 Å². The smallest absolute Gasteiger partial charge is 0.222 e. The fraction of sp³-hybridized carbons (Fsp3) is 0.219. The maximum absolute atomic E-state index is 15.8. The van der Waals surface area contributed by atoms with E-state index < -0.39 is 0 Å². The quantitative estimate of drug-likeness (QED) is 0.0665. The molecule has 0 spiro atoms. The normalized spacial score (nSPS) is 11.7. The largest absolute Gasteiger partial charge is 0.481 e. The summed E-state index contributed by atoms with van der Waals surface area (Å²) in [7, 11) is 3.17. The highest BCUT2D eigenvalue weighted by Crippen LogP contribution is 2.49. The molecular formula is C64H62N4O4. The number of carbonyl (C=O) groups excluding carboxylic acids is 2. The monoisotopic (exact) mass is 950 g/mol. The maximum atomic E-state index is 15.8. The van der Waals surface area contributed by atoms with Crippen molar-refractivity contribution < 1.29 is 19.1 Å². The molecule has 8 heteroatoms. The third-order valence-corrected chi connectivity index (χ3v) is 13.1. The van der Waals surface area contributed by atoms with Crippen molar-refractivity contribution in [3.63, 3.8) is 0 Å². The Kier molecular flexibility index (Phi) is 15.6. The van der Waals surface area contributed by atoms with Crippen LogP contribution in [0.4, 0.5) is 11.4 Å². The summed E-state index contributed by atoms with van der Waals surface area (Å²) in [5, 5.41) is 0. The van der Waals surface area contributed by atoms with Gasteiger partial charge in [-0.1, -0.05) is 207 Å². The van der Waals surface area contributed by atoms with Gasteiger partial charge in [-0.05, 0) is 68.2 Å². The fourth-order valence-corrected chi connectivity index (χ4v) is 9.51. The van der Waals surface area contributed by atoms with E-state index in [4.69, 9.17) is 29.4 Å². The van der Waals surface area contributed by atoms with Crippen LogP contribution in [-0.4, -0.2) is 48.2 Å². The summed E-state index contributed by atoms with van der Waals surface area (Å²) in [4.78, 5) is 51.2. The molecule has 0 aliphatic carbocycles. The third kappa shape index (κ3) is 10.2. The van der Waals surface area contributed by atoms with Gasteiger partial charge < -0.3 is 9.47 Å². The van der Waals surface area contributed by atoms with Gasteiger partial charge in [0.1, 0.15) is 0 Å². The zero-order chi connectivity index (χ0) is 51.1. The number of aliphatic imine (C=N–C) groups is 2. The number of carbonyl (C=O) groups is 2. The molecule has 0 aliphatic heterocycles. The minimum atomic E-state index is -0.358. The van der Waals surface area contributed by atoms with Crippen LogP contribution in [0.1, 0.15) is 122 Å². The lowest BCUT2D eigenvalue weighted by molar-refractivity contribution is 0.106. The number of Topliss-reactive ketones (excluding diaryl/α,β-unsaturated/α-hetero) is 2. The van der Waals surface area contributed by atoms with Crippen molar-refractivity contribution in [2.24, 2.45) is 9.98 Å². The third-order valence-electron chi connectivity index (χ3n) is 13.1. The Hall–Kier alpha value is -8.10. The van der Waals surface area contributed by atoms with E-state index in [0.717, 1.165) is 50.3 Å². The molecule has 0 unspecified atom stereocenters. The number of ketones is 2. The number of pyridine rings is 2. The molecule has 6 aromatic carbocycles. The Labute approximate surface area is 424 Å². The van der Waals surface area contributed by atoms with E-state index in [9.17, 15) is 0 Å². The van der Waals surface area contributed by atoms with Gasteiger partial charge in [0.25, 0.3) is 0 Å². The molecular weight excluding hydrogens is 889 g/mol. The number of aromatic nitrogens is 2. The van der Waals surface area contributed by atoms with Crippen molar-refractivity contribution in [3.05, 3.63) is 191 Å². The van der Waals surface area contributed by atoms with Gasteiger partial charge in [-0.25, -0.2) is 9.97 Å². The zero-order valence-electron chi connectivity index (χ0n) is 42.9. The number of rotatable bonds is 17. The number of hydrogen-bond donors (Lipinski definition) is 0. The van der Waals surface area contributed by atoms with Crippen molar-refractivity contribution in [2.75, 3.05) is 14.2 Å². The Morgan fingerprint density at radius 3 is 1.26 bits per heavy atom. The van der Waals surface area contributed by atoms with Gasteiger partial charge in [0.05, 0.1) is 66.0 Å². The van der Waals surface area contributed by atoms with Crippen molar-refractivity contribution in [3.8, 4) is 67.5 Å². The summed E-state index contributed by atoms with van der Waals surface area (Å²) in [6.45, 7) is 17.1. The number of ether oxygens (including phenoxy) is 2. The molecule has 0 N–H and O–H groups in total. The lowest BCUT2D eigenvalue weighted by atomic mass is 9.83. The molecule has 0 aliphatic rings. The highest BCUT2D eigenvalue weighted by molar-refractivity contribution is 6.40. The highest BCUT2D eigenvalue weighted by atomic mass is 16.5. The van der Waals surface area contributed by atoms with Crippen LogP contribution in [0.5, 0.6) is 11.8 Å². The Balaban J connectivity index is 1.48. The van der Waals surface area contributed by atoms with E-state index >= 15 is 9.59 Å². The lowest BCUT2D eigenvalue weighted by Crippen LogP contribution is -2.12. The number of nitrogens with zero attached hydrogens (tertiary/aromatic N) is 4. The Bertz CT molecular complexity index is 3250. The van der Waals surface area contributed by atoms with Crippen LogP contribution >= 0.6 is 0 Å². The summed E-state index contributed by atoms with van der Waals surface area (Å²) < 4.78 is 12.3. The second-order valence-corrected chi connectivity index (χ2v) is 19.1. The predicted molar refractivity (Wildman–Crippen MR) is 297 cm³/mol. The Morgan fingerprint density at radius 1 is 0.444 bits per heavy atom. The molecule has 0 fully saturated rings. The van der Waals surface area contributed by atoms with E-state index in [1.54, 1.807) is 20.4 Å². The van der Waals surface area contributed by atoms with Gasteiger partial charge in [-0.3, -0.25) is 19.6 Å². The Morgan fingerprint density at radius 2 is 0.833 bits per heavy atom. The fourth-order valence-electron chi connectivity index (χ4n) is 9.51. The standard InChI is InChI=1S/C64H62N4O4/c1-39(2)46-32-22-33-47(40(3)4)60(46)65-37-53(69)52-36-67-63(71-9)57(45-28-18-13-19-29-45)58(52)50-30-20-21-31-51(50)62-59(54(70)38-66-61-48(41(5)6)34-23-35-49(61)42(7)8)55(43-24-14-11-15-25-43)56(64(68-62)72-10)44-26-16-12-17-27-44/h11-42H,1-10H3. The molecule has 8 aromatic rings. The van der Waals surface area contributed by atoms with Crippen LogP contribution in [0.3, 0.4) is 0 Å². The molecule has 0 bridgehead atoms. The lowest BCUT2D eigenvalue weighted by Gasteiger charge is -2.23. The van der Waals surface area contributed by atoms with Gasteiger partial charge in [0.2, 0.25) is 23.3 Å². The summed E-state index contributed by atoms with van der Waals surface area (Å²) in [5.74, 6) is 0.560. The molecule has 362 valence electrons. The molecule has 0 saturated carbocycles. The molecule has 0 amide bonds. The van der Waals surface area contributed by atoms with Crippen molar-refractivity contribution in [1.82, 2.24) is 9.97 Å². The van der Waals surface area contributed by atoms with Gasteiger partial charge in [-0.2, -0.15) is 0 Å². The molecule has 2 aromatic heterocycles. The minimum Gasteiger partial charge on any atom is -0.481 e. The molecule has 8 rings (SSSR count). The van der Waals surface area contributed by atoms with Crippen LogP contribution in [0, 0.1) is 0 Å². The minimum absolute atomic E-state index is 0.154. The molecule has 8 nitrogen and oxygen atoms in total. The predicted octanol–water partition coefficient (Wildman–Crippen LogP) is 16.5. The summed E-state index contributed by atoms with van der Waals surface area (Å²) >= 11 is 0. The molecule has 2 heterocycles. The van der Waals surface area contributed by atoms with Crippen LogP contribution < -0.4 is 9.47 Å².